The van der Waals surface area contributed by atoms with Gasteiger partial charge in [0.1, 0.15) is 0 Å². The van der Waals surface area contributed by atoms with E-state index in [0.29, 0.717) is 0 Å². The molecule has 40 heavy (non-hydrogen) atoms. The van der Waals surface area contributed by atoms with E-state index in [4.69, 9.17) is 0 Å². The Balaban J connectivity index is 0.000000341. The Morgan fingerprint density at radius 2 is 0.800 bits per heavy atom. The van der Waals surface area contributed by atoms with Gasteiger partial charge in [-0.1, -0.05) is 98.7 Å². The first-order chi connectivity index (χ1) is 17.9. The third-order valence-electron chi connectivity index (χ3n) is 6.66. The van der Waals surface area contributed by atoms with Crippen molar-refractivity contribution < 1.29 is 25.8 Å². The molecule has 0 bridgehead atoms. The Labute approximate surface area is 264 Å². The van der Waals surface area contributed by atoms with Crippen molar-refractivity contribution in [3.8, 4) is 22.3 Å². The van der Waals surface area contributed by atoms with Crippen molar-refractivity contribution in [2.24, 2.45) is 0 Å². The first-order valence-corrected chi connectivity index (χ1v) is 15.0. The van der Waals surface area contributed by atoms with Crippen molar-refractivity contribution in [3.63, 3.8) is 0 Å². The van der Waals surface area contributed by atoms with Gasteiger partial charge in [0.2, 0.25) is 0 Å². The van der Waals surface area contributed by atoms with Crippen molar-refractivity contribution in [2.75, 3.05) is 0 Å². The summed E-state index contributed by atoms with van der Waals surface area (Å²) in [5.41, 5.74) is 10.7. The summed E-state index contributed by atoms with van der Waals surface area (Å²) in [5, 5.41) is 5.39. The summed E-state index contributed by atoms with van der Waals surface area (Å²) >= 11 is 0. The maximum absolute atomic E-state index is 2.27. The van der Waals surface area contributed by atoms with Gasteiger partial charge in [-0.05, 0) is 36.1 Å². The number of fused-ring (bicyclic) bond motifs is 2. The molecule has 0 heterocycles. The maximum atomic E-state index is 2.27. The van der Waals surface area contributed by atoms with Crippen LogP contribution in [0, 0.1) is 42.5 Å². The van der Waals surface area contributed by atoms with E-state index in [1.165, 1.54) is 66.1 Å². The monoisotopic (exact) mass is 706 g/mol. The molecule has 0 nitrogen and oxygen atoms in total. The minimum atomic E-state index is 0. The van der Waals surface area contributed by atoms with Crippen LogP contribution in [0.4, 0.5) is 0 Å². The molecule has 0 aliphatic carbocycles. The zero-order valence-electron chi connectivity index (χ0n) is 25.4. The number of hydrogen-bond donors (Lipinski definition) is 0. The minimum absolute atomic E-state index is 0. The molecule has 2 heteroatoms. The van der Waals surface area contributed by atoms with E-state index in [9.17, 15) is 0 Å². The van der Waals surface area contributed by atoms with E-state index < -0.39 is 0 Å². The molecule has 0 aliphatic heterocycles. The molecular formula is C38H42HfSi. The molecule has 0 atom stereocenters. The van der Waals surface area contributed by atoms with Crippen molar-refractivity contribution in [2.45, 2.75) is 40.8 Å². The fraction of sp³-hybridized carbons (Fsp3) is 0.158. The van der Waals surface area contributed by atoms with Crippen LogP contribution in [0.5, 0.6) is 0 Å². The molecule has 0 N–H and O–H groups in total. The van der Waals surface area contributed by atoms with E-state index in [2.05, 4.69) is 150 Å². The van der Waals surface area contributed by atoms with Gasteiger partial charge in [0.05, 0.1) is 0 Å². The molecule has 0 spiro atoms. The van der Waals surface area contributed by atoms with Gasteiger partial charge in [0.25, 0.3) is 0 Å². The molecule has 202 valence electrons. The summed E-state index contributed by atoms with van der Waals surface area (Å²) in [6.45, 7) is 13.0. The van der Waals surface area contributed by atoms with Crippen LogP contribution < -0.4 is 0 Å². The zero-order chi connectivity index (χ0) is 26.4. The number of rotatable bonds is 2. The van der Waals surface area contributed by atoms with Gasteiger partial charge in [-0.3, -0.25) is 0 Å². The number of aryl methyl sites for hydroxylation is 4. The van der Waals surface area contributed by atoms with Gasteiger partial charge in [0, 0.05) is 9.52 Å². The second kappa shape index (κ2) is 16.5. The van der Waals surface area contributed by atoms with E-state index in [1.54, 1.807) is 0 Å². The Morgan fingerprint density at radius 3 is 1.15 bits per heavy atom. The van der Waals surface area contributed by atoms with E-state index in [1.807, 2.05) is 0 Å². The van der Waals surface area contributed by atoms with E-state index >= 15 is 0 Å². The van der Waals surface area contributed by atoms with Gasteiger partial charge in [0.15, 0.2) is 0 Å². The second-order valence-corrected chi connectivity index (χ2v) is 10.8. The Bertz CT molecular complexity index is 1490. The molecule has 6 aromatic carbocycles. The van der Waals surface area contributed by atoms with Crippen molar-refractivity contribution in [3.05, 3.63) is 146 Å². The quantitative estimate of drug-likeness (QED) is 0.124. The number of hydrogen-bond acceptors (Lipinski definition) is 0. The molecule has 0 aromatic heterocycles. The van der Waals surface area contributed by atoms with Crippen LogP contribution in [0.2, 0.25) is 13.1 Å². The molecule has 0 unspecified atom stereocenters. The summed E-state index contributed by atoms with van der Waals surface area (Å²) in [7, 11) is 1.08. The van der Waals surface area contributed by atoms with Crippen LogP contribution in [0.15, 0.2) is 109 Å². The Hall–Kier alpha value is -2.81. The van der Waals surface area contributed by atoms with Crippen LogP contribution in [0.25, 0.3) is 43.8 Å². The second-order valence-electron chi connectivity index (χ2n) is 9.81. The Kier molecular flexibility index (Phi) is 14.5. The first-order valence-electron chi connectivity index (χ1n) is 13.0. The van der Waals surface area contributed by atoms with Crippen LogP contribution in [-0.2, 0) is 25.8 Å². The molecule has 0 saturated carbocycles. The first kappa shape index (κ1) is 35.2. The third-order valence-corrected chi connectivity index (χ3v) is 6.66. The van der Waals surface area contributed by atoms with Crippen molar-refractivity contribution >= 4 is 31.1 Å². The zero-order valence-corrected chi connectivity index (χ0v) is 30.0. The van der Waals surface area contributed by atoms with Crippen LogP contribution in [0.1, 0.15) is 22.3 Å². The predicted molar refractivity (Wildman–Crippen MR) is 179 cm³/mol. The van der Waals surface area contributed by atoms with Crippen molar-refractivity contribution in [1.29, 1.82) is 0 Å². The summed E-state index contributed by atoms with van der Waals surface area (Å²) in [5.74, 6) is 0. The van der Waals surface area contributed by atoms with Crippen LogP contribution in [0.3, 0.4) is 0 Å². The summed E-state index contributed by atoms with van der Waals surface area (Å²) in [4.78, 5) is 0. The predicted octanol–water partition coefficient (Wildman–Crippen LogP) is 11.4. The normalized spacial score (nSPS) is 9.75. The molecule has 0 aliphatic rings. The fourth-order valence-corrected chi connectivity index (χ4v) is 4.99. The molecule has 0 saturated heterocycles. The molecule has 2 radical (unpaired) electrons. The summed E-state index contributed by atoms with van der Waals surface area (Å²) in [6, 6.07) is 39.3. The summed E-state index contributed by atoms with van der Waals surface area (Å²) < 4.78 is 0. The Morgan fingerprint density at radius 1 is 0.475 bits per heavy atom. The average molecular weight is 705 g/mol. The van der Waals surface area contributed by atoms with E-state index in [-0.39, 0.29) is 40.7 Å². The smallest absolute Gasteiger partial charge is 0.358 e. The molecule has 6 rings (SSSR count). The van der Waals surface area contributed by atoms with Gasteiger partial charge in [-0.25, -0.2) is 0 Å². The SMILES string of the molecule is C[Si]C.Cc1cc2c(-c3ccccc3C)cccc2[cH-]1.Cc1cc2c(-c3ccccc3C)cccc2[cH-]1.[CH3-].[CH3-].[Hf+4]. The van der Waals surface area contributed by atoms with Gasteiger partial charge in [-0.2, -0.15) is 12.1 Å². The molecule has 6 aromatic rings. The van der Waals surface area contributed by atoms with E-state index in [0.717, 1.165) is 9.52 Å². The maximum Gasteiger partial charge on any atom is 4.00 e. The largest absolute Gasteiger partial charge is 4.00 e. The average Bonchev–Trinajstić information content (AvgIpc) is 3.46. The summed E-state index contributed by atoms with van der Waals surface area (Å²) in [6.07, 6.45) is 0. The molecule has 0 fully saturated rings. The van der Waals surface area contributed by atoms with Gasteiger partial charge < -0.3 is 14.9 Å². The van der Waals surface area contributed by atoms with Crippen LogP contribution in [-0.4, -0.2) is 9.52 Å². The molecular weight excluding hydrogens is 663 g/mol. The minimum Gasteiger partial charge on any atom is -0.358 e. The van der Waals surface area contributed by atoms with Gasteiger partial charge in [-0.15, -0.1) is 69.1 Å². The number of benzene rings is 4. The topological polar surface area (TPSA) is 0 Å². The van der Waals surface area contributed by atoms with Crippen molar-refractivity contribution in [1.82, 2.24) is 0 Å². The van der Waals surface area contributed by atoms with Gasteiger partial charge >= 0.3 is 25.8 Å². The third kappa shape index (κ3) is 8.12. The van der Waals surface area contributed by atoms with Crippen LogP contribution >= 0.6 is 0 Å². The molecule has 0 amide bonds. The standard InChI is InChI=1S/2C17H15.C2H6Si.2CH3.Hf/c2*1-12-10-14-7-5-9-16(17(14)11-12)15-8-4-3-6-13(15)2;1-3-2;;;/h2*3-11H,1-2H3;1-2H3;2*1H3;/q2*-1;;2*-1;+4. The fourth-order valence-electron chi connectivity index (χ4n) is 4.99.